The van der Waals surface area contributed by atoms with Gasteiger partial charge in [-0.15, -0.1) is 0 Å². The lowest BCUT2D eigenvalue weighted by molar-refractivity contribution is -0.157. The maximum absolute atomic E-state index is 12.6. The summed E-state index contributed by atoms with van der Waals surface area (Å²) in [6.07, 6.45) is 1.62. The molecule has 0 unspecified atom stereocenters. The van der Waals surface area contributed by atoms with Crippen LogP contribution in [-0.4, -0.2) is 41.0 Å². The first kappa shape index (κ1) is 28.6. The highest BCUT2D eigenvalue weighted by atomic mass is 32.2. The number of nitrogens with zero attached hydrogens (tertiary/aromatic N) is 2. The van der Waals surface area contributed by atoms with E-state index in [1.807, 2.05) is 49.4 Å². The number of amides is 1. The summed E-state index contributed by atoms with van der Waals surface area (Å²) in [5, 5.41) is 7.00. The second kappa shape index (κ2) is 13.1. The van der Waals surface area contributed by atoms with Gasteiger partial charge in [-0.1, -0.05) is 17.8 Å². The third kappa shape index (κ3) is 6.95. The summed E-state index contributed by atoms with van der Waals surface area (Å²) < 4.78 is 10.2. The third-order valence-electron chi connectivity index (χ3n) is 5.77. The number of benzene rings is 2. The number of hydrogen-bond donors (Lipinski definition) is 2. The van der Waals surface area contributed by atoms with Crippen LogP contribution in [0.1, 0.15) is 37.9 Å². The number of pyridine rings is 2. The van der Waals surface area contributed by atoms with Crippen molar-refractivity contribution in [3.63, 3.8) is 0 Å². The molecular formula is C30H30N4O5S. The molecule has 10 heteroatoms. The molecule has 4 aromatic rings. The average Bonchev–Trinajstić information content (AvgIpc) is 2.91. The number of rotatable bonds is 10. The quantitative estimate of drug-likeness (QED) is 0.178. The minimum Gasteiger partial charge on any atom is -0.465 e. The Morgan fingerprint density at radius 3 is 2.25 bits per heavy atom. The van der Waals surface area contributed by atoms with Gasteiger partial charge in [0.15, 0.2) is 11.6 Å². The Hall–Kier alpha value is -4.44. The number of carbonyl (C=O) groups excluding carboxylic acids is 3. The van der Waals surface area contributed by atoms with E-state index in [9.17, 15) is 14.4 Å². The molecule has 40 heavy (non-hydrogen) atoms. The van der Waals surface area contributed by atoms with Crippen molar-refractivity contribution in [2.75, 3.05) is 23.8 Å². The lowest BCUT2D eigenvalue weighted by atomic mass is 10.0. The summed E-state index contributed by atoms with van der Waals surface area (Å²) in [5.74, 6) is -2.84. The molecule has 0 aliphatic heterocycles. The Kier molecular flexibility index (Phi) is 9.34. The molecular weight excluding hydrogens is 528 g/mol. The third-order valence-corrected chi connectivity index (χ3v) is 6.86. The molecule has 206 valence electrons. The molecule has 0 bridgehead atoms. The zero-order chi connectivity index (χ0) is 28.6. The summed E-state index contributed by atoms with van der Waals surface area (Å²) in [5.41, 5.74) is 4.06. The largest absolute Gasteiger partial charge is 0.465 e. The van der Waals surface area contributed by atoms with Crippen LogP contribution in [0.5, 0.6) is 0 Å². The van der Waals surface area contributed by atoms with E-state index in [0.717, 1.165) is 37.8 Å². The van der Waals surface area contributed by atoms with E-state index < -0.39 is 17.9 Å². The number of anilines is 3. The number of nitrogens with one attached hydrogen (secondary N) is 2. The summed E-state index contributed by atoms with van der Waals surface area (Å²) in [6.45, 7) is 7.10. The summed E-state index contributed by atoms with van der Waals surface area (Å²) in [4.78, 5) is 47.4. The van der Waals surface area contributed by atoms with Crippen LogP contribution in [0, 0.1) is 6.92 Å². The average molecular weight is 559 g/mol. The van der Waals surface area contributed by atoms with Gasteiger partial charge in [0.05, 0.1) is 30.3 Å². The van der Waals surface area contributed by atoms with Crippen LogP contribution in [0.15, 0.2) is 76.7 Å². The zero-order valence-corrected chi connectivity index (χ0v) is 23.5. The molecule has 0 fully saturated rings. The molecule has 0 spiro atoms. The normalized spacial score (nSPS) is 10.8. The SMILES string of the molecule is CCOC(=O)C(C(=O)OCC)c1ccc2c(Nc3cc(C)ccc3Sc3ccc(NC(C)=O)cc3)ccnc2n1. The highest BCUT2D eigenvalue weighted by Crippen LogP contribution is 2.37. The van der Waals surface area contributed by atoms with Gasteiger partial charge < -0.3 is 20.1 Å². The first-order chi connectivity index (χ1) is 19.3. The number of aromatic nitrogens is 2. The number of carbonyl (C=O) groups is 3. The van der Waals surface area contributed by atoms with Gasteiger partial charge in [-0.05, 0) is 80.9 Å². The van der Waals surface area contributed by atoms with Crippen molar-refractivity contribution >= 4 is 57.7 Å². The highest BCUT2D eigenvalue weighted by molar-refractivity contribution is 7.99. The Labute approximate surface area is 236 Å². The van der Waals surface area contributed by atoms with Crippen LogP contribution in [0.3, 0.4) is 0 Å². The summed E-state index contributed by atoms with van der Waals surface area (Å²) in [7, 11) is 0. The van der Waals surface area contributed by atoms with E-state index in [-0.39, 0.29) is 24.8 Å². The van der Waals surface area contributed by atoms with Crippen molar-refractivity contribution in [1.29, 1.82) is 0 Å². The molecule has 0 saturated carbocycles. The number of ether oxygens (including phenoxy) is 2. The van der Waals surface area contributed by atoms with Crippen LogP contribution in [0.25, 0.3) is 11.0 Å². The maximum atomic E-state index is 12.6. The van der Waals surface area contributed by atoms with Gasteiger partial charge in [0.2, 0.25) is 5.91 Å². The molecule has 1 amide bonds. The van der Waals surface area contributed by atoms with Crippen molar-refractivity contribution in [2.45, 2.75) is 43.4 Å². The second-order valence-electron chi connectivity index (χ2n) is 8.84. The van der Waals surface area contributed by atoms with Crippen molar-refractivity contribution in [3.8, 4) is 0 Å². The fourth-order valence-corrected chi connectivity index (χ4v) is 4.90. The smallest absolute Gasteiger partial charge is 0.326 e. The first-order valence-corrected chi connectivity index (χ1v) is 13.6. The van der Waals surface area contributed by atoms with Crippen molar-refractivity contribution < 1.29 is 23.9 Å². The van der Waals surface area contributed by atoms with E-state index in [2.05, 4.69) is 26.7 Å². The maximum Gasteiger partial charge on any atom is 0.326 e. The van der Waals surface area contributed by atoms with Gasteiger partial charge in [0.25, 0.3) is 0 Å². The van der Waals surface area contributed by atoms with Gasteiger partial charge in [-0.2, -0.15) is 0 Å². The number of esters is 2. The van der Waals surface area contributed by atoms with Crippen LogP contribution in [0.4, 0.5) is 17.1 Å². The summed E-state index contributed by atoms with van der Waals surface area (Å²) >= 11 is 1.59. The molecule has 2 heterocycles. The van der Waals surface area contributed by atoms with Gasteiger partial charge in [-0.3, -0.25) is 14.4 Å². The monoisotopic (exact) mass is 558 g/mol. The standard InChI is InChI=1S/C30H30N4O5S/c1-5-38-29(36)27(30(37)39-6-2)24-13-12-22-23(15-16-31-28(22)34-24)33-25-17-18(3)7-14-26(25)40-21-10-8-20(9-11-21)32-19(4)35/h7-17,27H,5-6H2,1-4H3,(H,32,35)(H,31,33,34). The lowest BCUT2D eigenvalue weighted by Gasteiger charge is -2.16. The summed E-state index contributed by atoms with van der Waals surface area (Å²) in [6, 6.07) is 19.0. The highest BCUT2D eigenvalue weighted by Gasteiger charge is 2.33. The van der Waals surface area contributed by atoms with Gasteiger partial charge in [0, 0.05) is 34.0 Å². The minimum atomic E-state index is -1.29. The zero-order valence-electron chi connectivity index (χ0n) is 22.7. The molecule has 0 aliphatic carbocycles. The number of aryl methyl sites for hydroxylation is 1. The first-order valence-electron chi connectivity index (χ1n) is 12.8. The number of hydrogen-bond acceptors (Lipinski definition) is 9. The molecule has 2 N–H and O–H groups in total. The molecule has 4 rings (SSSR count). The van der Waals surface area contributed by atoms with Crippen molar-refractivity contribution in [1.82, 2.24) is 9.97 Å². The van der Waals surface area contributed by atoms with Crippen LogP contribution >= 0.6 is 11.8 Å². The molecule has 0 atom stereocenters. The molecule has 0 radical (unpaired) electrons. The van der Waals surface area contributed by atoms with Gasteiger partial charge >= 0.3 is 11.9 Å². The second-order valence-corrected chi connectivity index (χ2v) is 9.95. The predicted octanol–water partition coefficient (Wildman–Crippen LogP) is 6.00. The van der Waals surface area contributed by atoms with E-state index in [1.54, 1.807) is 43.9 Å². The van der Waals surface area contributed by atoms with E-state index >= 15 is 0 Å². The van der Waals surface area contributed by atoms with Gasteiger partial charge in [-0.25, -0.2) is 9.97 Å². The van der Waals surface area contributed by atoms with E-state index in [1.165, 1.54) is 6.92 Å². The Morgan fingerprint density at radius 2 is 1.60 bits per heavy atom. The van der Waals surface area contributed by atoms with Crippen molar-refractivity contribution in [3.05, 3.63) is 78.1 Å². The number of fused-ring (bicyclic) bond motifs is 1. The molecule has 0 aliphatic rings. The lowest BCUT2D eigenvalue weighted by Crippen LogP contribution is -2.27. The molecule has 2 aromatic carbocycles. The predicted molar refractivity (Wildman–Crippen MR) is 155 cm³/mol. The van der Waals surface area contributed by atoms with Gasteiger partial charge in [0.1, 0.15) is 0 Å². The van der Waals surface area contributed by atoms with Crippen molar-refractivity contribution in [2.24, 2.45) is 0 Å². The van der Waals surface area contributed by atoms with Crippen LogP contribution in [0.2, 0.25) is 0 Å². The Morgan fingerprint density at radius 1 is 0.900 bits per heavy atom. The fourth-order valence-electron chi connectivity index (χ4n) is 4.01. The van der Waals surface area contributed by atoms with Crippen LogP contribution in [-0.2, 0) is 23.9 Å². The molecule has 9 nitrogen and oxygen atoms in total. The minimum absolute atomic E-state index is 0.117. The van der Waals surface area contributed by atoms with E-state index in [4.69, 9.17) is 9.47 Å². The fraction of sp³-hybridized carbons (Fsp3) is 0.233. The Bertz CT molecular complexity index is 1520. The topological polar surface area (TPSA) is 120 Å². The van der Waals surface area contributed by atoms with E-state index in [0.29, 0.717) is 5.65 Å². The Balaban J connectivity index is 1.64. The molecule has 0 saturated heterocycles. The molecule has 2 aromatic heterocycles. The van der Waals surface area contributed by atoms with Crippen LogP contribution < -0.4 is 10.6 Å².